The van der Waals surface area contributed by atoms with Crippen LogP contribution in [0.25, 0.3) is 0 Å². The molecule has 15 heavy (non-hydrogen) atoms. The molecule has 1 aliphatic carbocycles. The van der Waals surface area contributed by atoms with E-state index >= 15 is 0 Å². The molecule has 1 fully saturated rings. The molecule has 2 rings (SSSR count). The van der Waals surface area contributed by atoms with E-state index in [9.17, 15) is 0 Å². The minimum absolute atomic E-state index is 0.474. The summed E-state index contributed by atoms with van der Waals surface area (Å²) >= 11 is 0. The van der Waals surface area contributed by atoms with Crippen molar-refractivity contribution in [3.8, 4) is 0 Å². The average molecular weight is 207 g/mol. The molecular weight excluding hydrogens is 190 g/mol. The van der Waals surface area contributed by atoms with Crippen molar-refractivity contribution in [2.24, 2.45) is 5.84 Å². The Labute approximate surface area is 89.7 Å². The van der Waals surface area contributed by atoms with Gasteiger partial charge in [0.15, 0.2) is 0 Å². The van der Waals surface area contributed by atoms with Crippen LogP contribution in [0.15, 0.2) is 6.20 Å². The predicted octanol–water partition coefficient (Wildman–Crippen LogP) is 1.06. The molecule has 0 bridgehead atoms. The number of nitrogens with zero attached hydrogens (tertiary/aromatic N) is 3. The first kappa shape index (κ1) is 10.2. The number of hydrazine groups is 1. The lowest BCUT2D eigenvalue weighted by Gasteiger charge is -2.36. The third-order valence-electron chi connectivity index (χ3n) is 3.03. The summed E-state index contributed by atoms with van der Waals surface area (Å²) in [6.07, 6.45) is 5.63. The Bertz CT molecular complexity index is 348. The number of hydrogen-bond donors (Lipinski definition) is 2. The highest BCUT2D eigenvalue weighted by atomic mass is 15.3. The number of nitrogens with one attached hydrogen (secondary N) is 1. The largest absolute Gasteiger partial charge is 0.356 e. The molecule has 0 amide bonds. The van der Waals surface area contributed by atoms with Crippen LogP contribution in [0.5, 0.6) is 0 Å². The quantitative estimate of drug-likeness (QED) is 0.573. The first-order chi connectivity index (χ1) is 7.22. The van der Waals surface area contributed by atoms with E-state index in [1.165, 1.54) is 19.3 Å². The van der Waals surface area contributed by atoms with Crippen molar-refractivity contribution >= 4 is 11.8 Å². The second-order valence-corrected chi connectivity index (χ2v) is 4.04. The van der Waals surface area contributed by atoms with Gasteiger partial charge in [-0.1, -0.05) is 0 Å². The van der Waals surface area contributed by atoms with Crippen LogP contribution >= 0.6 is 0 Å². The van der Waals surface area contributed by atoms with Crippen LogP contribution in [0.3, 0.4) is 0 Å². The Morgan fingerprint density at radius 3 is 2.80 bits per heavy atom. The van der Waals surface area contributed by atoms with Gasteiger partial charge < -0.3 is 4.90 Å². The monoisotopic (exact) mass is 207 g/mol. The minimum atomic E-state index is 0.474. The highest BCUT2D eigenvalue weighted by Gasteiger charge is 2.24. The predicted molar refractivity (Wildman–Crippen MR) is 60.6 cm³/mol. The van der Waals surface area contributed by atoms with Crippen molar-refractivity contribution in [1.82, 2.24) is 9.97 Å². The molecular formula is C10H17N5. The van der Waals surface area contributed by atoms with Gasteiger partial charge in [-0.2, -0.15) is 4.98 Å². The minimum Gasteiger partial charge on any atom is -0.356 e. The number of aromatic nitrogens is 2. The molecule has 5 heteroatoms. The van der Waals surface area contributed by atoms with E-state index in [-0.39, 0.29) is 0 Å². The summed E-state index contributed by atoms with van der Waals surface area (Å²) in [6.45, 7) is 2.02. The van der Waals surface area contributed by atoms with E-state index < -0.39 is 0 Å². The van der Waals surface area contributed by atoms with E-state index in [2.05, 4.69) is 27.3 Å². The fraction of sp³-hybridized carbons (Fsp3) is 0.600. The maximum atomic E-state index is 5.30. The van der Waals surface area contributed by atoms with Crippen molar-refractivity contribution in [1.29, 1.82) is 0 Å². The van der Waals surface area contributed by atoms with Gasteiger partial charge in [0, 0.05) is 24.8 Å². The molecule has 5 nitrogen and oxygen atoms in total. The topological polar surface area (TPSA) is 67.1 Å². The molecule has 1 aromatic heterocycles. The fourth-order valence-electron chi connectivity index (χ4n) is 1.81. The summed E-state index contributed by atoms with van der Waals surface area (Å²) in [6, 6.07) is 0.629. The van der Waals surface area contributed by atoms with Gasteiger partial charge >= 0.3 is 0 Å². The van der Waals surface area contributed by atoms with Gasteiger partial charge in [-0.15, -0.1) is 0 Å². The number of aryl methyl sites for hydroxylation is 1. The molecule has 1 aromatic rings. The van der Waals surface area contributed by atoms with Gasteiger partial charge in [0.05, 0.1) is 0 Å². The Hall–Kier alpha value is -1.36. The lowest BCUT2D eigenvalue weighted by molar-refractivity contribution is 0.399. The fourth-order valence-corrected chi connectivity index (χ4v) is 1.81. The van der Waals surface area contributed by atoms with Crippen LogP contribution in [-0.4, -0.2) is 23.1 Å². The SMILES string of the molecule is Cc1cnc(NN)nc1N(C)C1CCC1. The number of rotatable bonds is 3. The maximum Gasteiger partial charge on any atom is 0.239 e. The summed E-state index contributed by atoms with van der Waals surface area (Å²) in [5.74, 6) is 6.75. The molecule has 1 aliphatic rings. The Kier molecular flexibility index (Phi) is 2.73. The molecule has 1 heterocycles. The van der Waals surface area contributed by atoms with Gasteiger partial charge in [-0.05, 0) is 26.2 Å². The first-order valence-electron chi connectivity index (χ1n) is 5.25. The standard InChI is InChI=1S/C10H17N5/c1-7-6-12-10(14-11)13-9(7)15(2)8-4-3-5-8/h6,8H,3-5,11H2,1-2H3,(H,12,13,14). The molecule has 0 unspecified atom stereocenters. The zero-order valence-corrected chi connectivity index (χ0v) is 9.20. The summed E-state index contributed by atoms with van der Waals surface area (Å²) in [5, 5.41) is 0. The van der Waals surface area contributed by atoms with Crippen molar-refractivity contribution < 1.29 is 0 Å². The smallest absolute Gasteiger partial charge is 0.239 e. The normalized spacial score (nSPS) is 15.9. The molecule has 0 saturated heterocycles. The first-order valence-corrected chi connectivity index (χ1v) is 5.25. The number of nitrogen functional groups attached to an aromatic ring is 1. The lowest BCUT2D eigenvalue weighted by atomic mass is 9.92. The van der Waals surface area contributed by atoms with Crippen LogP contribution in [0.4, 0.5) is 11.8 Å². The second-order valence-electron chi connectivity index (χ2n) is 4.04. The summed E-state index contributed by atoms with van der Waals surface area (Å²) in [7, 11) is 2.08. The second kappa shape index (κ2) is 4.02. The number of hydrogen-bond acceptors (Lipinski definition) is 5. The Morgan fingerprint density at radius 1 is 1.53 bits per heavy atom. The number of anilines is 2. The molecule has 0 radical (unpaired) electrons. The van der Waals surface area contributed by atoms with Crippen molar-refractivity contribution in [3.05, 3.63) is 11.8 Å². The van der Waals surface area contributed by atoms with E-state index in [0.29, 0.717) is 12.0 Å². The molecule has 0 spiro atoms. The third-order valence-corrected chi connectivity index (χ3v) is 3.03. The van der Waals surface area contributed by atoms with Crippen LogP contribution < -0.4 is 16.2 Å². The molecule has 82 valence electrons. The highest BCUT2D eigenvalue weighted by Crippen LogP contribution is 2.28. The molecule has 1 saturated carbocycles. The van der Waals surface area contributed by atoms with Crippen LogP contribution in [0.2, 0.25) is 0 Å². The van der Waals surface area contributed by atoms with Crippen LogP contribution in [0, 0.1) is 6.92 Å². The third kappa shape index (κ3) is 1.87. The van der Waals surface area contributed by atoms with Gasteiger partial charge in [0.1, 0.15) is 5.82 Å². The zero-order valence-electron chi connectivity index (χ0n) is 9.20. The number of nitrogens with two attached hydrogens (primary N) is 1. The van der Waals surface area contributed by atoms with Crippen molar-refractivity contribution in [3.63, 3.8) is 0 Å². The molecule has 0 aromatic carbocycles. The summed E-state index contributed by atoms with van der Waals surface area (Å²) < 4.78 is 0. The molecule has 0 atom stereocenters. The van der Waals surface area contributed by atoms with E-state index in [0.717, 1.165) is 11.4 Å². The summed E-state index contributed by atoms with van der Waals surface area (Å²) in [4.78, 5) is 10.7. The van der Waals surface area contributed by atoms with E-state index in [1.54, 1.807) is 6.20 Å². The van der Waals surface area contributed by atoms with Gasteiger partial charge in [0.2, 0.25) is 5.95 Å². The van der Waals surface area contributed by atoms with Gasteiger partial charge in [-0.3, -0.25) is 5.43 Å². The van der Waals surface area contributed by atoms with E-state index in [1.807, 2.05) is 6.92 Å². The Morgan fingerprint density at radius 2 is 2.27 bits per heavy atom. The maximum absolute atomic E-state index is 5.30. The van der Waals surface area contributed by atoms with Crippen molar-refractivity contribution in [2.75, 3.05) is 17.4 Å². The molecule has 3 N–H and O–H groups in total. The highest BCUT2D eigenvalue weighted by molar-refractivity contribution is 5.49. The summed E-state index contributed by atoms with van der Waals surface area (Å²) in [5.41, 5.74) is 3.56. The van der Waals surface area contributed by atoms with Crippen LogP contribution in [0.1, 0.15) is 24.8 Å². The molecule has 0 aliphatic heterocycles. The van der Waals surface area contributed by atoms with Crippen LogP contribution in [-0.2, 0) is 0 Å². The van der Waals surface area contributed by atoms with Gasteiger partial charge in [0.25, 0.3) is 0 Å². The zero-order chi connectivity index (χ0) is 10.8. The van der Waals surface area contributed by atoms with Gasteiger partial charge in [-0.25, -0.2) is 10.8 Å². The van der Waals surface area contributed by atoms with Crippen molar-refractivity contribution in [2.45, 2.75) is 32.2 Å². The average Bonchev–Trinajstić information content (AvgIpc) is 2.15. The lowest BCUT2D eigenvalue weighted by Crippen LogP contribution is -2.38. The Balaban J connectivity index is 2.24. The van der Waals surface area contributed by atoms with E-state index in [4.69, 9.17) is 5.84 Å².